The van der Waals surface area contributed by atoms with Crippen LogP contribution in [0.4, 0.5) is 0 Å². The summed E-state index contributed by atoms with van der Waals surface area (Å²) in [5, 5.41) is 3.39. The number of ether oxygens (including phenoxy) is 1. The minimum Gasteiger partial charge on any atom is -0.489 e. The van der Waals surface area contributed by atoms with Crippen molar-refractivity contribution in [3.63, 3.8) is 0 Å². The van der Waals surface area contributed by atoms with E-state index in [1.165, 1.54) is 37.7 Å². The van der Waals surface area contributed by atoms with E-state index in [-0.39, 0.29) is 6.10 Å². The Bertz CT molecular complexity index is 366. The zero-order chi connectivity index (χ0) is 14.8. The molecule has 0 aliphatic rings. The molecule has 0 amide bonds. The van der Waals surface area contributed by atoms with Crippen LogP contribution >= 0.6 is 0 Å². The second-order valence-electron chi connectivity index (χ2n) is 5.66. The summed E-state index contributed by atoms with van der Waals surface area (Å²) in [7, 11) is 2.02. The van der Waals surface area contributed by atoms with E-state index in [0.29, 0.717) is 6.04 Å². The van der Waals surface area contributed by atoms with E-state index >= 15 is 0 Å². The van der Waals surface area contributed by atoms with Crippen molar-refractivity contribution in [3.8, 4) is 5.75 Å². The lowest BCUT2D eigenvalue weighted by Gasteiger charge is -2.18. The number of hydrogen-bond donors (Lipinski definition) is 1. The zero-order valence-corrected chi connectivity index (χ0v) is 13.5. The van der Waals surface area contributed by atoms with Crippen LogP contribution in [0.25, 0.3) is 0 Å². The normalized spacial score (nSPS) is 12.7. The number of hydrogen-bond acceptors (Lipinski definition) is 3. The molecule has 0 saturated heterocycles. The molecule has 1 aromatic rings. The quantitative estimate of drug-likeness (QED) is 0.640. The van der Waals surface area contributed by atoms with E-state index in [2.05, 4.69) is 23.3 Å². The van der Waals surface area contributed by atoms with Crippen molar-refractivity contribution in [2.24, 2.45) is 0 Å². The van der Waals surface area contributed by atoms with Crippen molar-refractivity contribution in [1.29, 1.82) is 0 Å². The zero-order valence-electron chi connectivity index (χ0n) is 13.5. The molecule has 1 N–H and O–H groups in total. The van der Waals surface area contributed by atoms with Gasteiger partial charge in [-0.15, -0.1) is 0 Å². The average molecular weight is 278 g/mol. The summed E-state index contributed by atoms with van der Waals surface area (Å²) in [5.74, 6) is 0.865. The highest BCUT2D eigenvalue weighted by Gasteiger charge is 2.10. The van der Waals surface area contributed by atoms with E-state index in [0.717, 1.165) is 12.2 Å². The molecule has 1 atom stereocenters. The topological polar surface area (TPSA) is 34.2 Å². The molecule has 1 unspecified atom stereocenters. The molecule has 20 heavy (non-hydrogen) atoms. The minimum absolute atomic E-state index is 0.189. The Morgan fingerprint density at radius 3 is 2.55 bits per heavy atom. The van der Waals surface area contributed by atoms with Crippen LogP contribution in [0.5, 0.6) is 5.75 Å². The second-order valence-corrected chi connectivity index (χ2v) is 5.66. The van der Waals surface area contributed by atoms with Crippen LogP contribution in [0.1, 0.15) is 70.9 Å². The van der Waals surface area contributed by atoms with Gasteiger partial charge in [0.25, 0.3) is 0 Å². The smallest absolute Gasteiger partial charge is 0.138 e. The van der Waals surface area contributed by atoms with E-state index < -0.39 is 0 Å². The van der Waals surface area contributed by atoms with Gasteiger partial charge < -0.3 is 10.1 Å². The van der Waals surface area contributed by atoms with Crippen LogP contribution in [-0.2, 0) is 0 Å². The molecule has 114 valence electrons. The van der Waals surface area contributed by atoms with Gasteiger partial charge in [-0.05, 0) is 38.9 Å². The van der Waals surface area contributed by atoms with Crippen LogP contribution < -0.4 is 10.1 Å². The van der Waals surface area contributed by atoms with Gasteiger partial charge >= 0.3 is 0 Å². The number of unbranched alkanes of at least 4 members (excludes halogenated alkanes) is 4. The molecule has 1 heterocycles. The first-order valence-corrected chi connectivity index (χ1v) is 7.96. The summed E-state index contributed by atoms with van der Waals surface area (Å²) in [6.45, 7) is 6.33. The highest BCUT2D eigenvalue weighted by atomic mass is 16.5. The third kappa shape index (κ3) is 6.38. The van der Waals surface area contributed by atoms with Crippen LogP contribution in [0.3, 0.4) is 0 Å². The maximum atomic E-state index is 5.72. The Hall–Kier alpha value is -1.09. The summed E-state index contributed by atoms with van der Waals surface area (Å²) in [4.78, 5) is 4.30. The number of rotatable bonds is 10. The van der Waals surface area contributed by atoms with Gasteiger partial charge in [0.05, 0.1) is 12.3 Å². The Morgan fingerprint density at radius 2 is 1.90 bits per heavy atom. The molecule has 3 heteroatoms. The highest BCUT2D eigenvalue weighted by molar-refractivity contribution is 5.26. The maximum absolute atomic E-state index is 5.72. The van der Waals surface area contributed by atoms with Crippen molar-refractivity contribution in [2.75, 3.05) is 7.05 Å². The Balaban J connectivity index is 2.51. The lowest BCUT2D eigenvalue weighted by Crippen LogP contribution is -2.17. The van der Waals surface area contributed by atoms with Gasteiger partial charge in [-0.1, -0.05) is 39.0 Å². The van der Waals surface area contributed by atoms with Gasteiger partial charge in [0, 0.05) is 12.2 Å². The average Bonchev–Trinajstić information content (AvgIpc) is 2.42. The molecule has 0 spiro atoms. The van der Waals surface area contributed by atoms with Gasteiger partial charge in [-0.25, -0.2) is 0 Å². The molecule has 0 fully saturated rings. The molecular formula is C17H30N2O. The van der Waals surface area contributed by atoms with Gasteiger partial charge in [0.15, 0.2) is 0 Å². The van der Waals surface area contributed by atoms with E-state index in [1.54, 1.807) is 6.20 Å². The second kappa shape index (κ2) is 9.76. The van der Waals surface area contributed by atoms with Gasteiger partial charge in [0.1, 0.15) is 5.75 Å². The van der Waals surface area contributed by atoms with Crippen LogP contribution in [0.2, 0.25) is 0 Å². The first-order valence-electron chi connectivity index (χ1n) is 7.96. The molecule has 3 nitrogen and oxygen atoms in total. The SMILES string of the molecule is CCCCCCCC(NC)c1cncc(OC(C)C)c1. The third-order valence-corrected chi connectivity index (χ3v) is 3.45. The van der Waals surface area contributed by atoms with Crippen molar-refractivity contribution in [3.05, 3.63) is 24.0 Å². The van der Waals surface area contributed by atoms with Crippen LogP contribution in [0.15, 0.2) is 18.5 Å². The molecule has 0 bridgehead atoms. The van der Waals surface area contributed by atoms with E-state index in [1.807, 2.05) is 27.1 Å². The number of nitrogens with zero attached hydrogens (tertiary/aromatic N) is 1. The fraction of sp³-hybridized carbons (Fsp3) is 0.706. The van der Waals surface area contributed by atoms with Crippen molar-refractivity contribution in [2.45, 2.75) is 71.4 Å². The molecule has 0 aliphatic heterocycles. The Morgan fingerprint density at radius 1 is 1.15 bits per heavy atom. The molecule has 0 radical (unpaired) electrons. The minimum atomic E-state index is 0.189. The molecule has 1 rings (SSSR count). The monoisotopic (exact) mass is 278 g/mol. The Kier molecular flexibility index (Phi) is 8.28. The molecule has 0 aromatic carbocycles. The molecule has 1 aromatic heterocycles. The van der Waals surface area contributed by atoms with Crippen molar-refractivity contribution < 1.29 is 4.74 Å². The predicted octanol–water partition coefficient (Wildman–Crippen LogP) is 4.49. The number of pyridine rings is 1. The fourth-order valence-electron chi connectivity index (χ4n) is 2.39. The van der Waals surface area contributed by atoms with Crippen LogP contribution in [-0.4, -0.2) is 18.1 Å². The predicted molar refractivity (Wildman–Crippen MR) is 85.2 cm³/mol. The number of nitrogens with one attached hydrogen (secondary N) is 1. The summed E-state index contributed by atoms with van der Waals surface area (Å²) in [6, 6.07) is 2.49. The fourth-order valence-corrected chi connectivity index (χ4v) is 2.39. The van der Waals surface area contributed by atoms with Gasteiger partial charge in [0.2, 0.25) is 0 Å². The van der Waals surface area contributed by atoms with E-state index in [9.17, 15) is 0 Å². The summed E-state index contributed by atoms with van der Waals surface area (Å²) in [5.41, 5.74) is 1.22. The first kappa shape index (κ1) is 17.0. The van der Waals surface area contributed by atoms with Gasteiger partial charge in [-0.3, -0.25) is 4.98 Å². The maximum Gasteiger partial charge on any atom is 0.138 e. The molecule has 0 saturated carbocycles. The van der Waals surface area contributed by atoms with Crippen molar-refractivity contribution in [1.82, 2.24) is 10.3 Å². The Labute approximate surface area is 124 Å². The largest absolute Gasteiger partial charge is 0.489 e. The third-order valence-electron chi connectivity index (χ3n) is 3.45. The molecular weight excluding hydrogens is 248 g/mol. The van der Waals surface area contributed by atoms with E-state index in [4.69, 9.17) is 4.74 Å². The standard InChI is InChI=1S/C17H30N2O/c1-5-6-7-8-9-10-17(18-4)15-11-16(13-19-12-15)20-14(2)3/h11-14,17-18H,5-10H2,1-4H3. The molecule has 0 aliphatic carbocycles. The summed E-state index contributed by atoms with van der Waals surface area (Å²) < 4.78 is 5.72. The van der Waals surface area contributed by atoms with Gasteiger partial charge in [-0.2, -0.15) is 0 Å². The van der Waals surface area contributed by atoms with Crippen molar-refractivity contribution >= 4 is 0 Å². The summed E-state index contributed by atoms with van der Waals surface area (Å²) >= 11 is 0. The lowest BCUT2D eigenvalue weighted by atomic mass is 10.0. The summed E-state index contributed by atoms with van der Waals surface area (Å²) in [6.07, 6.45) is 11.7. The lowest BCUT2D eigenvalue weighted by molar-refractivity contribution is 0.241. The van der Waals surface area contributed by atoms with Crippen LogP contribution in [0, 0.1) is 0 Å². The first-order chi connectivity index (χ1) is 9.67. The number of aromatic nitrogens is 1. The highest BCUT2D eigenvalue weighted by Crippen LogP contribution is 2.23.